The molecule has 4 nitrogen and oxygen atoms in total. The number of hydrogen-bond acceptors (Lipinski definition) is 3. The number of likely N-dealkylation sites (N-methyl/N-ethyl adjacent to an activating group) is 1. The molecule has 0 bridgehead atoms. The minimum atomic E-state index is 0.591. The molecule has 1 saturated heterocycles. The van der Waals surface area contributed by atoms with Gasteiger partial charge in [0.25, 0.3) is 0 Å². The van der Waals surface area contributed by atoms with E-state index in [2.05, 4.69) is 33.0 Å². The van der Waals surface area contributed by atoms with E-state index in [0.717, 1.165) is 26.2 Å². The zero-order valence-corrected chi connectivity index (χ0v) is 8.90. The van der Waals surface area contributed by atoms with Crippen LogP contribution in [0.1, 0.15) is 18.7 Å². The Morgan fingerprint density at radius 3 is 3.00 bits per heavy atom. The van der Waals surface area contributed by atoms with E-state index in [0.29, 0.717) is 6.04 Å². The van der Waals surface area contributed by atoms with Crippen LogP contribution in [-0.2, 0) is 6.54 Å². The standard InChI is InChI=1S/C10H18N4/c1-3-13-7-10(8-13)14-9(6-11-2)4-5-12-14/h4-5,10-11H,3,6-8H2,1-2H3. The van der Waals surface area contributed by atoms with Crippen LogP contribution in [0.5, 0.6) is 0 Å². The van der Waals surface area contributed by atoms with Crippen molar-refractivity contribution in [2.75, 3.05) is 26.7 Å². The van der Waals surface area contributed by atoms with E-state index >= 15 is 0 Å². The molecule has 0 saturated carbocycles. The van der Waals surface area contributed by atoms with Gasteiger partial charge in [-0.25, -0.2) is 0 Å². The lowest BCUT2D eigenvalue weighted by Crippen LogP contribution is -2.48. The van der Waals surface area contributed by atoms with Crippen LogP contribution >= 0.6 is 0 Å². The van der Waals surface area contributed by atoms with E-state index in [9.17, 15) is 0 Å². The van der Waals surface area contributed by atoms with Gasteiger partial charge in [0.05, 0.1) is 11.7 Å². The Bertz CT molecular complexity index is 288. The first-order valence-corrected chi connectivity index (χ1v) is 5.24. The van der Waals surface area contributed by atoms with Gasteiger partial charge in [0, 0.05) is 25.8 Å². The van der Waals surface area contributed by atoms with E-state index in [1.807, 2.05) is 13.2 Å². The molecule has 1 aromatic heterocycles. The summed E-state index contributed by atoms with van der Waals surface area (Å²) in [5.74, 6) is 0. The second-order valence-electron chi connectivity index (χ2n) is 3.80. The summed E-state index contributed by atoms with van der Waals surface area (Å²) >= 11 is 0. The largest absolute Gasteiger partial charge is 0.314 e. The number of rotatable bonds is 4. The first kappa shape index (κ1) is 9.68. The number of nitrogens with zero attached hydrogens (tertiary/aromatic N) is 3. The molecule has 4 heteroatoms. The Labute approximate surface area is 84.9 Å². The van der Waals surface area contributed by atoms with E-state index in [-0.39, 0.29) is 0 Å². The Kier molecular flexibility index (Phi) is 2.84. The first-order valence-electron chi connectivity index (χ1n) is 5.24. The predicted molar refractivity (Wildman–Crippen MR) is 56.1 cm³/mol. The molecule has 0 aliphatic carbocycles. The number of nitrogens with one attached hydrogen (secondary N) is 1. The molecule has 2 heterocycles. The molecule has 1 aliphatic heterocycles. The molecule has 0 spiro atoms. The molecule has 1 N–H and O–H groups in total. The Balaban J connectivity index is 1.99. The predicted octanol–water partition coefficient (Wildman–Crippen LogP) is 0.479. The molecule has 0 unspecified atom stereocenters. The first-order chi connectivity index (χ1) is 6.85. The third-order valence-electron chi connectivity index (χ3n) is 2.84. The molecular formula is C10H18N4. The van der Waals surface area contributed by atoms with Gasteiger partial charge in [0.15, 0.2) is 0 Å². The fourth-order valence-corrected chi connectivity index (χ4v) is 1.95. The van der Waals surface area contributed by atoms with Crippen LogP contribution in [0.4, 0.5) is 0 Å². The second-order valence-corrected chi connectivity index (χ2v) is 3.80. The van der Waals surface area contributed by atoms with Crippen LogP contribution in [-0.4, -0.2) is 41.4 Å². The quantitative estimate of drug-likeness (QED) is 0.757. The van der Waals surface area contributed by atoms with Gasteiger partial charge in [-0.15, -0.1) is 0 Å². The topological polar surface area (TPSA) is 33.1 Å². The fourth-order valence-electron chi connectivity index (χ4n) is 1.95. The van der Waals surface area contributed by atoms with Gasteiger partial charge < -0.3 is 5.32 Å². The van der Waals surface area contributed by atoms with Crippen molar-refractivity contribution in [2.24, 2.45) is 0 Å². The molecule has 0 atom stereocenters. The van der Waals surface area contributed by atoms with Crippen LogP contribution in [0.25, 0.3) is 0 Å². The van der Waals surface area contributed by atoms with Crippen molar-refractivity contribution in [3.8, 4) is 0 Å². The van der Waals surface area contributed by atoms with Gasteiger partial charge in [0.2, 0.25) is 0 Å². The third-order valence-corrected chi connectivity index (χ3v) is 2.84. The highest BCUT2D eigenvalue weighted by Gasteiger charge is 2.28. The van der Waals surface area contributed by atoms with Crippen molar-refractivity contribution < 1.29 is 0 Å². The van der Waals surface area contributed by atoms with Crippen molar-refractivity contribution >= 4 is 0 Å². The van der Waals surface area contributed by atoms with Gasteiger partial charge in [-0.3, -0.25) is 9.58 Å². The molecule has 1 fully saturated rings. The van der Waals surface area contributed by atoms with Crippen LogP contribution in [0.15, 0.2) is 12.3 Å². The second kappa shape index (κ2) is 4.11. The molecule has 0 amide bonds. The van der Waals surface area contributed by atoms with Crippen LogP contribution in [0.2, 0.25) is 0 Å². The Morgan fingerprint density at radius 1 is 1.57 bits per heavy atom. The zero-order valence-electron chi connectivity index (χ0n) is 8.90. The molecule has 2 rings (SSSR count). The van der Waals surface area contributed by atoms with Crippen LogP contribution in [0.3, 0.4) is 0 Å². The molecule has 1 aromatic rings. The number of aromatic nitrogens is 2. The van der Waals surface area contributed by atoms with Crippen LogP contribution in [0, 0.1) is 0 Å². The van der Waals surface area contributed by atoms with Gasteiger partial charge in [-0.05, 0) is 19.7 Å². The fraction of sp³-hybridized carbons (Fsp3) is 0.700. The highest BCUT2D eigenvalue weighted by atomic mass is 15.4. The van der Waals surface area contributed by atoms with Crippen molar-refractivity contribution in [2.45, 2.75) is 19.5 Å². The maximum Gasteiger partial charge on any atom is 0.0776 e. The van der Waals surface area contributed by atoms with Crippen molar-refractivity contribution in [1.29, 1.82) is 0 Å². The van der Waals surface area contributed by atoms with Crippen molar-refractivity contribution in [1.82, 2.24) is 20.0 Å². The van der Waals surface area contributed by atoms with Gasteiger partial charge in [-0.2, -0.15) is 5.10 Å². The van der Waals surface area contributed by atoms with E-state index in [1.165, 1.54) is 5.69 Å². The maximum atomic E-state index is 4.38. The smallest absolute Gasteiger partial charge is 0.0776 e. The highest BCUT2D eigenvalue weighted by molar-refractivity contribution is 5.03. The lowest BCUT2D eigenvalue weighted by atomic mass is 10.1. The number of hydrogen-bond donors (Lipinski definition) is 1. The summed E-state index contributed by atoms with van der Waals surface area (Å²) in [4.78, 5) is 2.43. The Hall–Kier alpha value is -0.870. The average molecular weight is 194 g/mol. The molecule has 14 heavy (non-hydrogen) atoms. The van der Waals surface area contributed by atoms with Crippen molar-refractivity contribution in [3.63, 3.8) is 0 Å². The minimum absolute atomic E-state index is 0.591. The van der Waals surface area contributed by atoms with Crippen LogP contribution < -0.4 is 5.32 Å². The van der Waals surface area contributed by atoms with Gasteiger partial charge in [-0.1, -0.05) is 6.92 Å². The van der Waals surface area contributed by atoms with Gasteiger partial charge >= 0.3 is 0 Å². The molecule has 0 aromatic carbocycles. The van der Waals surface area contributed by atoms with Gasteiger partial charge in [0.1, 0.15) is 0 Å². The summed E-state index contributed by atoms with van der Waals surface area (Å²) in [6, 6.07) is 2.68. The van der Waals surface area contributed by atoms with E-state index in [1.54, 1.807) is 0 Å². The number of likely N-dealkylation sites (tertiary alicyclic amines) is 1. The lowest BCUT2D eigenvalue weighted by molar-refractivity contribution is 0.103. The minimum Gasteiger partial charge on any atom is -0.314 e. The normalized spacial score (nSPS) is 18.4. The highest BCUT2D eigenvalue weighted by Crippen LogP contribution is 2.21. The SMILES string of the molecule is CCN1CC(n2nccc2CNC)C1. The van der Waals surface area contributed by atoms with Crippen molar-refractivity contribution in [3.05, 3.63) is 18.0 Å². The summed E-state index contributed by atoms with van der Waals surface area (Å²) in [5, 5.41) is 7.54. The summed E-state index contributed by atoms with van der Waals surface area (Å²) in [6.07, 6.45) is 1.89. The lowest BCUT2D eigenvalue weighted by Gasteiger charge is -2.39. The Morgan fingerprint density at radius 2 is 2.36 bits per heavy atom. The molecular weight excluding hydrogens is 176 g/mol. The maximum absolute atomic E-state index is 4.38. The average Bonchev–Trinajstić information content (AvgIpc) is 2.52. The zero-order chi connectivity index (χ0) is 9.97. The summed E-state index contributed by atoms with van der Waals surface area (Å²) in [6.45, 7) is 6.55. The molecule has 78 valence electrons. The third kappa shape index (κ3) is 1.67. The summed E-state index contributed by atoms with van der Waals surface area (Å²) < 4.78 is 2.16. The summed E-state index contributed by atoms with van der Waals surface area (Å²) in [7, 11) is 1.97. The molecule has 0 radical (unpaired) electrons. The van der Waals surface area contributed by atoms with E-state index < -0.39 is 0 Å². The summed E-state index contributed by atoms with van der Waals surface area (Å²) in [5.41, 5.74) is 1.29. The monoisotopic (exact) mass is 194 g/mol. The van der Waals surface area contributed by atoms with E-state index in [4.69, 9.17) is 0 Å². The molecule has 1 aliphatic rings.